The third-order valence-corrected chi connectivity index (χ3v) is 9.56. The molecule has 2 heteroatoms. The molecule has 10 aromatic rings. The third-order valence-electron chi connectivity index (χ3n) is 9.56. The van der Waals surface area contributed by atoms with Crippen molar-refractivity contribution in [1.29, 1.82) is 0 Å². The summed E-state index contributed by atoms with van der Waals surface area (Å²) in [7, 11) is 0. The zero-order valence-corrected chi connectivity index (χ0v) is 29.5. The fourth-order valence-electron chi connectivity index (χ4n) is 6.97. The minimum absolute atomic E-state index is 0.0865. The zero-order valence-electron chi connectivity index (χ0n) is 46.5. The molecule has 0 radical (unpaired) electrons. The first kappa shape index (κ1) is 19.8. The molecule has 0 saturated carbocycles. The predicted molar refractivity (Wildman–Crippen MR) is 237 cm³/mol. The van der Waals surface area contributed by atoms with Crippen LogP contribution in [0.4, 0.5) is 17.1 Å². The van der Waals surface area contributed by atoms with Crippen LogP contribution in [-0.4, -0.2) is 4.57 Å². The molecule has 0 aliphatic rings. The van der Waals surface area contributed by atoms with Gasteiger partial charge in [-0.05, 0) is 99.5 Å². The summed E-state index contributed by atoms with van der Waals surface area (Å²) < 4.78 is 157. The fraction of sp³-hybridized carbons (Fsp3) is 0. The lowest BCUT2D eigenvalue weighted by Crippen LogP contribution is -2.11. The molecule has 0 amide bonds. The first-order valence-electron chi connectivity index (χ1n) is 26.3. The van der Waals surface area contributed by atoms with Gasteiger partial charge in [-0.2, -0.15) is 0 Å². The Bertz CT molecular complexity index is 3880. The molecule has 0 spiro atoms. The highest BCUT2D eigenvalue weighted by Gasteiger charge is 2.19. The molecule has 0 fully saturated rings. The lowest BCUT2D eigenvalue weighted by molar-refractivity contribution is 1.18. The number of nitrogens with zero attached hydrogens (tertiary/aromatic N) is 2. The standard InChI is InChI=1S/C54H38N2/c1-4-15-39(16-5-1)41-27-29-43(30-28-41)49-23-10-12-25-52(49)55(47-34-31-42(32-35-47)40-17-6-2-7-18-40)48-22-14-19-44(37-48)45-33-36-54-51(38-45)50-24-11-13-26-53(50)56(54)46-20-8-3-9-21-46/h1-38H/i1D,4D,5D,10D,12D,14D,15D,16D,19D,22D,23D,25D,27D,28D,29D,30D,37D. The van der Waals surface area contributed by atoms with Crippen LogP contribution in [0.1, 0.15) is 23.3 Å². The van der Waals surface area contributed by atoms with Gasteiger partial charge in [-0.25, -0.2) is 0 Å². The smallest absolute Gasteiger partial charge is 0.0651 e. The molecule has 2 nitrogen and oxygen atoms in total. The SMILES string of the molecule is [2H]c1c([2H])c([2H])c(-c2c([2H])c([2H])c(-c3c([2H])c([2H])c([2H])c([2H])c3N(c3ccc(-c4ccccc4)cc3)c3c([2H])c([2H])c([2H])c(-c4ccc5c(c4)c4ccccc4n5-c4ccccc4)c3[2H])c([2H])c2[2H])c([2H])c1[2H]. The molecule has 1 heterocycles. The van der Waals surface area contributed by atoms with Crippen molar-refractivity contribution in [2.24, 2.45) is 0 Å². The minimum atomic E-state index is -0.892. The summed E-state index contributed by atoms with van der Waals surface area (Å²) in [6, 6.07) is 25.7. The highest BCUT2D eigenvalue weighted by atomic mass is 15.1. The number of anilines is 3. The van der Waals surface area contributed by atoms with Gasteiger partial charge in [-0.3, -0.25) is 0 Å². The van der Waals surface area contributed by atoms with E-state index in [-0.39, 0.29) is 11.3 Å². The maximum absolute atomic E-state index is 10.1. The number of fused-ring (bicyclic) bond motifs is 3. The van der Waals surface area contributed by atoms with E-state index in [1.165, 1.54) is 0 Å². The van der Waals surface area contributed by atoms with Crippen LogP contribution in [0.15, 0.2) is 230 Å². The van der Waals surface area contributed by atoms with Gasteiger partial charge >= 0.3 is 0 Å². The second-order valence-electron chi connectivity index (χ2n) is 12.9. The van der Waals surface area contributed by atoms with Crippen molar-refractivity contribution in [3.63, 3.8) is 0 Å². The van der Waals surface area contributed by atoms with Gasteiger partial charge in [0.05, 0.1) is 40.0 Å². The predicted octanol–water partition coefficient (Wildman–Crippen LogP) is 14.9. The van der Waals surface area contributed by atoms with Crippen LogP contribution in [0.5, 0.6) is 0 Å². The molecule has 0 bridgehead atoms. The molecule has 10 rings (SSSR count). The van der Waals surface area contributed by atoms with Crippen molar-refractivity contribution in [2.45, 2.75) is 0 Å². The van der Waals surface area contributed by atoms with E-state index in [1.54, 1.807) is 36.4 Å². The van der Waals surface area contributed by atoms with Gasteiger partial charge in [0.25, 0.3) is 0 Å². The van der Waals surface area contributed by atoms with Crippen LogP contribution in [0.3, 0.4) is 0 Å². The normalized spacial score (nSPS) is 15.5. The maximum atomic E-state index is 10.1. The molecule has 0 atom stereocenters. The van der Waals surface area contributed by atoms with Crippen molar-refractivity contribution in [2.75, 3.05) is 4.90 Å². The highest BCUT2D eigenvalue weighted by molar-refractivity contribution is 6.10. The number of rotatable bonds is 8. The number of benzene rings is 9. The lowest BCUT2D eigenvalue weighted by Gasteiger charge is -2.28. The summed E-state index contributed by atoms with van der Waals surface area (Å²) in [5.74, 6) is 0. The second kappa shape index (κ2) is 14.4. The molecule has 1 aromatic heterocycles. The number of hydrogen-bond acceptors (Lipinski definition) is 1. The quantitative estimate of drug-likeness (QED) is 0.151. The fourth-order valence-corrected chi connectivity index (χ4v) is 6.97. The molecule has 0 N–H and O–H groups in total. The van der Waals surface area contributed by atoms with Crippen molar-refractivity contribution >= 4 is 38.9 Å². The summed E-state index contributed by atoms with van der Waals surface area (Å²) in [5, 5.41) is 1.61. The van der Waals surface area contributed by atoms with Crippen molar-refractivity contribution in [3.05, 3.63) is 230 Å². The van der Waals surface area contributed by atoms with E-state index < -0.39 is 136 Å². The van der Waals surface area contributed by atoms with Gasteiger partial charge in [0, 0.05) is 33.4 Å². The first-order valence-corrected chi connectivity index (χ1v) is 17.8. The van der Waals surface area contributed by atoms with Gasteiger partial charge in [-0.15, -0.1) is 0 Å². The highest BCUT2D eigenvalue weighted by Crippen LogP contribution is 2.43. The Morgan fingerprint density at radius 1 is 0.375 bits per heavy atom. The van der Waals surface area contributed by atoms with Crippen molar-refractivity contribution in [3.8, 4) is 50.2 Å². The van der Waals surface area contributed by atoms with Gasteiger partial charge in [0.2, 0.25) is 0 Å². The molecule has 0 saturated heterocycles. The summed E-state index contributed by atoms with van der Waals surface area (Å²) in [4.78, 5) is 1.16. The van der Waals surface area contributed by atoms with Crippen LogP contribution < -0.4 is 4.90 Å². The summed E-state index contributed by atoms with van der Waals surface area (Å²) in [6.45, 7) is 0. The molecule has 264 valence electrons. The van der Waals surface area contributed by atoms with E-state index in [2.05, 4.69) is 4.57 Å². The molecule has 0 unspecified atom stereocenters. The second-order valence-corrected chi connectivity index (χ2v) is 12.9. The first-order chi connectivity index (χ1) is 34.9. The summed E-state index contributed by atoms with van der Waals surface area (Å²) in [5.41, 5.74) is 0.965. The maximum Gasteiger partial charge on any atom is 0.0651 e. The van der Waals surface area contributed by atoms with E-state index >= 15 is 0 Å². The Labute approximate surface area is 351 Å². The third kappa shape index (κ3) is 6.14. The van der Waals surface area contributed by atoms with E-state index in [0.717, 1.165) is 38.0 Å². The van der Waals surface area contributed by atoms with Gasteiger partial charge in [-0.1, -0.05) is 170 Å². The Morgan fingerprint density at radius 2 is 0.982 bits per heavy atom. The Kier molecular flexibility index (Phi) is 5.10. The van der Waals surface area contributed by atoms with Crippen LogP contribution in [-0.2, 0) is 0 Å². The summed E-state index contributed by atoms with van der Waals surface area (Å²) in [6.07, 6.45) is 0. The minimum Gasteiger partial charge on any atom is -0.310 e. The van der Waals surface area contributed by atoms with Crippen molar-refractivity contribution < 1.29 is 23.3 Å². The van der Waals surface area contributed by atoms with E-state index in [9.17, 15) is 13.7 Å². The number of aromatic nitrogens is 1. The Balaban J connectivity index is 1.29. The van der Waals surface area contributed by atoms with Crippen LogP contribution in [0.25, 0.3) is 72.0 Å². The number of hydrogen-bond donors (Lipinski definition) is 0. The molecule has 0 aliphatic carbocycles. The van der Waals surface area contributed by atoms with E-state index in [4.69, 9.17) is 9.60 Å². The zero-order chi connectivity index (χ0) is 52.1. The average molecular weight is 732 g/mol. The Hall–Kier alpha value is -7.42. The van der Waals surface area contributed by atoms with Crippen LogP contribution >= 0.6 is 0 Å². The lowest BCUT2D eigenvalue weighted by atomic mass is 9.97. The molecular weight excluding hydrogens is 677 g/mol. The van der Waals surface area contributed by atoms with E-state index in [1.807, 2.05) is 91.0 Å². The number of para-hydroxylation sites is 3. The molecule has 56 heavy (non-hydrogen) atoms. The summed E-state index contributed by atoms with van der Waals surface area (Å²) >= 11 is 0. The monoisotopic (exact) mass is 731 g/mol. The molecule has 9 aromatic carbocycles. The Morgan fingerprint density at radius 3 is 1.79 bits per heavy atom. The van der Waals surface area contributed by atoms with Gasteiger partial charge in [0.15, 0.2) is 0 Å². The molecular formula is C54H38N2. The topological polar surface area (TPSA) is 8.17 Å². The van der Waals surface area contributed by atoms with Crippen LogP contribution in [0, 0.1) is 0 Å². The average Bonchev–Trinajstić information content (AvgIpc) is 3.74. The van der Waals surface area contributed by atoms with Crippen molar-refractivity contribution in [1.82, 2.24) is 4.57 Å². The van der Waals surface area contributed by atoms with Gasteiger partial charge in [0.1, 0.15) is 0 Å². The van der Waals surface area contributed by atoms with Gasteiger partial charge < -0.3 is 9.47 Å². The largest absolute Gasteiger partial charge is 0.310 e. The van der Waals surface area contributed by atoms with Crippen LogP contribution in [0.2, 0.25) is 0 Å². The van der Waals surface area contributed by atoms with E-state index in [0.29, 0.717) is 11.1 Å². The molecule has 0 aliphatic heterocycles.